The number of hydrogen-bond donors (Lipinski definition) is 1. The molecule has 1 aliphatic heterocycles. The first-order valence-electron chi connectivity index (χ1n) is 11.5. The molecule has 0 bridgehead atoms. The van der Waals surface area contributed by atoms with Crippen LogP contribution in [0.25, 0.3) is 5.69 Å². The minimum absolute atomic E-state index is 0.0194. The van der Waals surface area contributed by atoms with Crippen molar-refractivity contribution in [1.82, 2.24) is 14.9 Å². The molecule has 2 atom stereocenters. The Bertz CT molecular complexity index is 1440. The van der Waals surface area contributed by atoms with Crippen LogP contribution in [0.3, 0.4) is 0 Å². The number of nitrogens with one attached hydrogen (secondary N) is 1. The predicted octanol–water partition coefficient (Wildman–Crippen LogP) is 5.58. The zero-order valence-corrected chi connectivity index (χ0v) is 20.9. The van der Waals surface area contributed by atoms with E-state index in [4.69, 9.17) is 17.0 Å². The molecule has 182 valence electrons. The normalized spacial score (nSPS) is 17.2. The summed E-state index contributed by atoms with van der Waals surface area (Å²) in [5.74, 6) is 0.429. The van der Waals surface area contributed by atoms with Gasteiger partial charge >= 0.3 is 0 Å². The average molecular weight is 500 g/mol. The van der Waals surface area contributed by atoms with Gasteiger partial charge in [0.15, 0.2) is 5.11 Å². The fourth-order valence-electron chi connectivity index (χ4n) is 4.96. The Balaban J connectivity index is 1.68. The minimum atomic E-state index is -0.423. The summed E-state index contributed by atoms with van der Waals surface area (Å²) in [6.45, 7) is 4.06. The lowest BCUT2D eigenvalue weighted by Gasteiger charge is -2.28. The van der Waals surface area contributed by atoms with Gasteiger partial charge in [0.25, 0.3) is 5.69 Å². The Morgan fingerprint density at radius 1 is 1.06 bits per heavy atom. The second kappa shape index (κ2) is 9.43. The van der Waals surface area contributed by atoms with Crippen molar-refractivity contribution in [3.8, 4) is 11.4 Å². The first-order chi connectivity index (χ1) is 17.4. The van der Waals surface area contributed by atoms with E-state index >= 15 is 0 Å². The molecular weight excluding hydrogens is 474 g/mol. The van der Waals surface area contributed by atoms with Crippen molar-refractivity contribution in [2.45, 2.75) is 25.9 Å². The van der Waals surface area contributed by atoms with Crippen LogP contribution >= 0.6 is 12.2 Å². The molecule has 1 saturated heterocycles. The van der Waals surface area contributed by atoms with Gasteiger partial charge in [0.1, 0.15) is 5.75 Å². The van der Waals surface area contributed by atoms with Gasteiger partial charge in [-0.15, -0.1) is 0 Å². The Hall–Kier alpha value is -4.24. The van der Waals surface area contributed by atoms with Crippen LogP contribution in [-0.2, 0) is 0 Å². The molecule has 0 unspecified atom stereocenters. The number of nitro benzene ring substituents is 1. The maximum absolute atomic E-state index is 11.3. The molecule has 0 aliphatic carbocycles. The van der Waals surface area contributed by atoms with Gasteiger partial charge in [0, 0.05) is 29.3 Å². The van der Waals surface area contributed by atoms with Crippen molar-refractivity contribution in [2.24, 2.45) is 0 Å². The number of nitro groups is 1. The third kappa shape index (κ3) is 3.97. The van der Waals surface area contributed by atoms with Crippen LogP contribution in [0.15, 0.2) is 79.0 Å². The minimum Gasteiger partial charge on any atom is -0.494 e. The van der Waals surface area contributed by atoms with Crippen molar-refractivity contribution in [1.29, 1.82) is 0 Å². The first kappa shape index (κ1) is 23.5. The van der Waals surface area contributed by atoms with Crippen molar-refractivity contribution in [3.63, 3.8) is 0 Å². The van der Waals surface area contributed by atoms with Crippen LogP contribution in [0.4, 0.5) is 11.4 Å². The highest BCUT2D eigenvalue weighted by Gasteiger charge is 2.42. The number of para-hydroxylation sites is 1. The number of anilines is 1. The Labute approximate surface area is 214 Å². The molecule has 1 aliphatic rings. The van der Waals surface area contributed by atoms with Crippen LogP contribution < -0.4 is 15.0 Å². The summed E-state index contributed by atoms with van der Waals surface area (Å²) in [7, 11) is 1.52. The lowest BCUT2D eigenvalue weighted by molar-refractivity contribution is -0.384. The van der Waals surface area contributed by atoms with Crippen molar-refractivity contribution < 1.29 is 9.66 Å². The van der Waals surface area contributed by atoms with Gasteiger partial charge < -0.3 is 19.5 Å². The molecular formula is C27H25N5O3S. The van der Waals surface area contributed by atoms with Crippen molar-refractivity contribution >= 4 is 28.7 Å². The molecule has 5 rings (SSSR count). The van der Waals surface area contributed by atoms with Gasteiger partial charge in [0.2, 0.25) is 0 Å². The van der Waals surface area contributed by atoms with E-state index in [2.05, 4.69) is 25.8 Å². The van der Waals surface area contributed by atoms with E-state index in [-0.39, 0.29) is 17.8 Å². The van der Waals surface area contributed by atoms with Gasteiger partial charge in [-0.1, -0.05) is 24.3 Å². The zero-order chi connectivity index (χ0) is 25.4. The summed E-state index contributed by atoms with van der Waals surface area (Å²) in [5, 5.41) is 15.4. The molecule has 0 amide bonds. The predicted molar refractivity (Wildman–Crippen MR) is 143 cm³/mol. The zero-order valence-electron chi connectivity index (χ0n) is 20.1. The van der Waals surface area contributed by atoms with Crippen LogP contribution in [0.1, 0.15) is 34.7 Å². The fraction of sp³-hybridized carbons (Fsp3) is 0.185. The Morgan fingerprint density at radius 2 is 1.81 bits per heavy atom. The number of aryl methyl sites for hydroxylation is 1. The smallest absolute Gasteiger partial charge is 0.273 e. The number of pyridine rings is 1. The van der Waals surface area contributed by atoms with Crippen molar-refractivity contribution in [3.05, 3.63) is 112 Å². The lowest BCUT2D eigenvalue weighted by atomic mass is 9.96. The number of methoxy groups -OCH3 is 1. The van der Waals surface area contributed by atoms with E-state index in [0.717, 1.165) is 34.0 Å². The highest BCUT2D eigenvalue weighted by atomic mass is 32.1. The molecule has 4 aromatic rings. The Morgan fingerprint density at radius 3 is 2.47 bits per heavy atom. The SMILES string of the molecule is COc1cc([N+](=O)[O-])ccc1-n1c(C)cc([C@@H]2[C@H](c3ccccn3)NC(=S)N2c2ccccc2)c1C. The third-order valence-electron chi connectivity index (χ3n) is 6.54. The number of nitrogens with zero attached hydrogens (tertiary/aromatic N) is 4. The largest absolute Gasteiger partial charge is 0.494 e. The summed E-state index contributed by atoms with van der Waals surface area (Å²) in [6, 6.07) is 22.4. The number of benzene rings is 2. The van der Waals surface area contributed by atoms with Crippen molar-refractivity contribution in [2.75, 3.05) is 12.0 Å². The van der Waals surface area contributed by atoms with Crippen LogP contribution in [0, 0.1) is 24.0 Å². The summed E-state index contributed by atoms with van der Waals surface area (Å²) < 4.78 is 7.62. The maximum atomic E-state index is 11.3. The van der Waals surface area contributed by atoms with Gasteiger partial charge in [0.05, 0.1) is 41.6 Å². The van der Waals surface area contributed by atoms with E-state index in [1.807, 2.05) is 62.4 Å². The quantitative estimate of drug-likeness (QED) is 0.210. The average Bonchev–Trinajstić information content (AvgIpc) is 3.39. The summed E-state index contributed by atoms with van der Waals surface area (Å²) in [4.78, 5) is 17.7. The lowest BCUT2D eigenvalue weighted by Crippen LogP contribution is -2.29. The summed E-state index contributed by atoms with van der Waals surface area (Å²) in [5.41, 5.74) is 5.61. The van der Waals surface area contributed by atoms with Crippen LogP contribution in [-0.4, -0.2) is 26.7 Å². The number of aromatic nitrogens is 2. The molecule has 1 N–H and O–H groups in total. The second-order valence-corrected chi connectivity index (χ2v) is 8.99. The third-order valence-corrected chi connectivity index (χ3v) is 6.85. The second-order valence-electron chi connectivity index (χ2n) is 8.61. The molecule has 3 heterocycles. The van der Waals surface area contributed by atoms with Crippen LogP contribution in [0.2, 0.25) is 0 Å². The molecule has 36 heavy (non-hydrogen) atoms. The van der Waals surface area contributed by atoms with Crippen LogP contribution in [0.5, 0.6) is 5.75 Å². The standard InChI is InChI=1S/C27H25N5O3S/c1-17-15-21(18(2)30(17)23-13-12-20(32(33)34)16-24(23)35-3)26-25(22-11-7-8-14-28-22)29-27(36)31(26)19-9-5-4-6-10-19/h4-16,25-26H,1-3H3,(H,29,36)/t25-,26+/m0/s1. The first-order valence-corrected chi connectivity index (χ1v) is 11.9. The maximum Gasteiger partial charge on any atom is 0.273 e. The number of ether oxygens (including phenoxy) is 1. The molecule has 0 radical (unpaired) electrons. The summed E-state index contributed by atoms with van der Waals surface area (Å²) >= 11 is 5.83. The van der Waals surface area contributed by atoms with E-state index < -0.39 is 4.92 Å². The number of non-ortho nitro benzene ring substituents is 1. The monoisotopic (exact) mass is 499 g/mol. The van der Waals surface area contributed by atoms with E-state index in [1.54, 1.807) is 12.3 Å². The number of hydrogen-bond acceptors (Lipinski definition) is 5. The number of rotatable bonds is 6. The van der Waals surface area contributed by atoms with E-state index in [1.165, 1.54) is 19.2 Å². The molecule has 1 fully saturated rings. The van der Waals surface area contributed by atoms with Gasteiger partial charge in [-0.3, -0.25) is 15.1 Å². The highest BCUT2D eigenvalue weighted by Crippen LogP contribution is 2.44. The molecule has 8 nitrogen and oxygen atoms in total. The topological polar surface area (TPSA) is 85.5 Å². The van der Waals surface area contributed by atoms with E-state index in [9.17, 15) is 10.1 Å². The van der Waals surface area contributed by atoms with E-state index in [0.29, 0.717) is 10.9 Å². The molecule has 2 aromatic carbocycles. The van der Waals surface area contributed by atoms with Gasteiger partial charge in [-0.05, 0) is 68.0 Å². The Kier molecular flexibility index (Phi) is 6.15. The molecule has 0 spiro atoms. The molecule has 9 heteroatoms. The molecule has 0 saturated carbocycles. The summed E-state index contributed by atoms with van der Waals surface area (Å²) in [6.07, 6.45) is 1.79. The molecule has 2 aromatic heterocycles. The fourth-order valence-corrected chi connectivity index (χ4v) is 5.31. The van der Waals surface area contributed by atoms with Gasteiger partial charge in [-0.25, -0.2) is 0 Å². The highest BCUT2D eigenvalue weighted by molar-refractivity contribution is 7.80. The number of thiocarbonyl (C=S) groups is 1. The van der Waals surface area contributed by atoms with Gasteiger partial charge in [-0.2, -0.15) is 0 Å².